The molecule has 0 amide bonds. The summed E-state index contributed by atoms with van der Waals surface area (Å²) < 4.78 is 42.5. The fourth-order valence-electron chi connectivity index (χ4n) is 5.13. The van der Waals surface area contributed by atoms with Crippen molar-refractivity contribution in [1.29, 1.82) is 0 Å². The molecule has 15 heteroatoms. The smallest absolute Gasteiger partial charge is 0.435 e. The molecule has 7 aromatic rings. The van der Waals surface area contributed by atoms with Crippen LogP contribution in [0.15, 0.2) is 70.9 Å². The molecule has 0 aliphatic heterocycles. The first-order chi connectivity index (χ1) is 21.3. The van der Waals surface area contributed by atoms with E-state index in [1.54, 1.807) is 23.0 Å². The molecule has 7 rings (SSSR count). The van der Waals surface area contributed by atoms with Gasteiger partial charge in [-0.2, -0.15) is 23.4 Å². The van der Waals surface area contributed by atoms with Crippen LogP contribution in [-0.2, 0) is 20.3 Å². The van der Waals surface area contributed by atoms with Crippen molar-refractivity contribution >= 4 is 32.7 Å². The first-order valence-electron chi connectivity index (χ1n) is 13.3. The standard InChI is InChI=1S/C16H12N4O2.C14H11F3N4O2/c1-20-13-3-2-9(4-11(13)7-19-20)10-5-12-15(14(21)6-10)17-8-18-16(12)22;1-6-10(12(14(15,16)17)20-21(6)2)7-3-8-11(9(22)4-7)18-5-19-13(8)23/h2-8,21H,1H3,(H,17,18,22);3-5,22H,1-2H3,(H,18,19,23). The van der Waals surface area contributed by atoms with E-state index in [0.717, 1.165) is 39.1 Å². The van der Waals surface area contributed by atoms with Crippen LogP contribution >= 0.6 is 0 Å². The quantitative estimate of drug-likeness (QED) is 0.220. The lowest BCUT2D eigenvalue weighted by Crippen LogP contribution is -2.09. The molecule has 0 saturated heterocycles. The molecule has 0 fully saturated rings. The van der Waals surface area contributed by atoms with E-state index in [4.69, 9.17) is 0 Å². The number of aromatic nitrogens is 8. The number of aromatic hydroxyl groups is 2. The predicted molar refractivity (Wildman–Crippen MR) is 160 cm³/mol. The number of hydrogen-bond donors (Lipinski definition) is 4. The van der Waals surface area contributed by atoms with Crippen LogP contribution in [0.4, 0.5) is 13.2 Å². The molecule has 4 aromatic heterocycles. The lowest BCUT2D eigenvalue weighted by molar-refractivity contribution is -0.141. The molecule has 0 saturated carbocycles. The number of rotatable bonds is 2. The number of alkyl halides is 3. The highest BCUT2D eigenvalue weighted by Gasteiger charge is 2.38. The number of hydrogen-bond acceptors (Lipinski definition) is 8. The van der Waals surface area contributed by atoms with E-state index in [0.29, 0.717) is 10.9 Å². The number of aromatic amines is 2. The number of aryl methyl sites for hydroxylation is 2. The maximum atomic E-state index is 13.2. The molecule has 45 heavy (non-hydrogen) atoms. The van der Waals surface area contributed by atoms with Crippen LogP contribution in [0.3, 0.4) is 0 Å². The summed E-state index contributed by atoms with van der Waals surface area (Å²) in [6.07, 6.45) is -0.479. The molecule has 0 radical (unpaired) electrons. The van der Waals surface area contributed by atoms with Gasteiger partial charge in [0.15, 0.2) is 5.69 Å². The number of benzene rings is 3. The van der Waals surface area contributed by atoms with Crippen molar-refractivity contribution in [2.75, 3.05) is 0 Å². The van der Waals surface area contributed by atoms with Gasteiger partial charge in [-0.25, -0.2) is 9.97 Å². The van der Waals surface area contributed by atoms with Crippen molar-refractivity contribution in [3.8, 4) is 33.8 Å². The Morgan fingerprint density at radius 2 is 1.36 bits per heavy atom. The highest BCUT2D eigenvalue weighted by molar-refractivity contribution is 5.92. The Bertz CT molecular complexity index is 2390. The Labute approximate surface area is 250 Å². The maximum absolute atomic E-state index is 13.2. The predicted octanol–water partition coefficient (Wildman–Crippen LogP) is 4.54. The number of phenolic OH excluding ortho intramolecular Hbond substituents is 2. The van der Waals surface area contributed by atoms with Gasteiger partial charge in [-0.1, -0.05) is 6.07 Å². The third kappa shape index (κ3) is 5.13. The second-order valence-electron chi connectivity index (χ2n) is 10.2. The average Bonchev–Trinajstić information content (AvgIpc) is 3.52. The molecule has 228 valence electrons. The summed E-state index contributed by atoms with van der Waals surface area (Å²) in [5, 5.41) is 29.2. The minimum atomic E-state index is -4.66. The van der Waals surface area contributed by atoms with Crippen LogP contribution in [0.25, 0.3) is 55.0 Å². The fraction of sp³-hybridized carbons (Fsp3) is 0.133. The third-order valence-electron chi connectivity index (χ3n) is 7.42. The topological polar surface area (TPSA) is 168 Å². The van der Waals surface area contributed by atoms with Crippen molar-refractivity contribution in [3.63, 3.8) is 0 Å². The van der Waals surface area contributed by atoms with Crippen molar-refractivity contribution in [2.45, 2.75) is 13.1 Å². The van der Waals surface area contributed by atoms with Crippen molar-refractivity contribution < 1.29 is 23.4 Å². The number of halogens is 3. The van der Waals surface area contributed by atoms with Crippen LogP contribution in [-0.4, -0.2) is 49.7 Å². The van der Waals surface area contributed by atoms with Crippen molar-refractivity contribution in [1.82, 2.24) is 39.5 Å². The van der Waals surface area contributed by atoms with Crippen LogP contribution in [0.1, 0.15) is 11.4 Å². The van der Waals surface area contributed by atoms with E-state index in [9.17, 15) is 33.0 Å². The van der Waals surface area contributed by atoms with Gasteiger partial charge in [-0.3, -0.25) is 19.0 Å². The summed E-state index contributed by atoms with van der Waals surface area (Å²) in [4.78, 5) is 36.4. The van der Waals surface area contributed by atoms with Gasteiger partial charge in [-0.15, -0.1) is 0 Å². The summed E-state index contributed by atoms with van der Waals surface area (Å²) in [6, 6.07) is 11.6. The van der Waals surface area contributed by atoms with Gasteiger partial charge < -0.3 is 20.2 Å². The molecule has 0 spiro atoms. The minimum Gasteiger partial charge on any atom is -0.506 e. The molecule has 12 nitrogen and oxygen atoms in total. The third-order valence-corrected chi connectivity index (χ3v) is 7.42. The van der Waals surface area contributed by atoms with Crippen molar-refractivity contribution in [2.24, 2.45) is 14.1 Å². The zero-order valence-electron chi connectivity index (χ0n) is 23.8. The number of H-pyrrole nitrogens is 2. The molecular formula is C30H23F3N8O4. The molecule has 3 aromatic carbocycles. The van der Waals surface area contributed by atoms with Crippen LogP contribution in [0, 0.1) is 6.92 Å². The Kier molecular flexibility index (Phi) is 6.87. The Morgan fingerprint density at radius 3 is 1.96 bits per heavy atom. The minimum absolute atomic E-state index is 0.00104. The Morgan fingerprint density at radius 1 is 0.778 bits per heavy atom. The van der Waals surface area contributed by atoms with Gasteiger partial charge in [0.1, 0.15) is 22.5 Å². The zero-order chi connectivity index (χ0) is 32.2. The van der Waals surface area contributed by atoms with Gasteiger partial charge in [0, 0.05) is 30.7 Å². The lowest BCUT2D eigenvalue weighted by atomic mass is 10.0. The van der Waals surface area contributed by atoms with E-state index < -0.39 is 17.4 Å². The number of nitrogens with one attached hydrogen (secondary N) is 2. The summed E-state index contributed by atoms with van der Waals surface area (Å²) in [7, 11) is 3.28. The molecule has 4 N–H and O–H groups in total. The van der Waals surface area contributed by atoms with Crippen LogP contribution in [0.5, 0.6) is 11.5 Å². The van der Waals surface area contributed by atoms with E-state index in [2.05, 4.69) is 30.1 Å². The second kappa shape index (κ2) is 10.6. The summed E-state index contributed by atoms with van der Waals surface area (Å²) in [5.41, 5.74) is 1.23. The van der Waals surface area contributed by atoms with E-state index in [1.807, 2.05) is 25.2 Å². The second-order valence-corrected chi connectivity index (χ2v) is 10.2. The largest absolute Gasteiger partial charge is 0.506 e. The fourth-order valence-corrected chi connectivity index (χ4v) is 5.13. The van der Waals surface area contributed by atoms with Crippen molar-refractivity contribution in [3.05, 3.63) is 93.4 Å². The normalized spacial score (nSPS) is 11.7. The van der Waals surface area contributed by atoms with Crippen LogP contribution < -0.4 is 11.1 Å². The van der Waals surface area contributed by atoms with Gasteiger partial charge in [-0.05, 0) is 60.0 Å². The molecule has 0 aliphatic rings. The highest BCUT2D eigenvalue weighted by Crippen LogP contribution is 2.40. The number of phenols is 2. The highest BCUT2D eigenvalue weighted by atomic mass is 19.4. The van der Waals surface area contributed by atoms with Gasteiger partial charge >= 0.3 is 6.18 Å². The van der Waals surface area contributed by atoms with Gasteiger partial charge in [0.05, 0.1) is 35.1 Å². The zero-order valence-corrected chi connectivity index (χ0v) is 23.8. The van der Waals surface area contributed by atoms with E-state index >= 15 is 0 Å². The maximum Gasteiger partial charge on any atom is 0.435 e. The number of nitrogens with zero attached hydrogens (tertiary/aromatic N) is 6. The summed E-state index contributed by atoms with van der Waals surface area (Å²) >= 11 is 0. The molecule has 0 unspecified atom stereocenters. The molecular weight excluding hydrogens is 593 g/mol. The lowest BCUT2D eigenvalue weighted by Gasteiger charge is -2.09. The molecule has 4 heterocycles. The molecule has 0 aliphatic carbocycles. The SMILES string of the molecule is Cc1c(-c2cc(O)c3nc[nH]c(=O)c3c2)c(C(F)(F)F)nn1C.Cn1ncc2cc(-c3cc(O)c4nc[nH]c(=O)c4c3)ccc21. The molecule has 0 atom stereocenters. The molecule has 0 bridgehead atoms. The first kappa shape index (κ1) is 29.1. The van der Waals surface area contributed by atoms with Gasteiger partial charge in [0.2, 0.25) is 0 Å². The van der Waals surface area contributed by atoms with E-state index in [-0.39, 0.29) is 44.8 Å². The Hall–Kier alpha value is -5.99. The summed E-state index contributed by atoms with van der Waals surface area (Å²) in [5.74, 6) is -0.384. The first-order valence-corrected chi connectivity index (χ1v) is 13.3. The van der Waals surface area contributed by atoms with E-state index in [1.165, 1.54) is 26.4 Å². The monoisotopic (exact) mass is 616 g/mol. The summed E-state index contributed by atoms with van der Waals surface area (Å²) in [6.45, 7) is 1.48. The van der Waals surface area contributed by atoms with Crippen LogP contribution in [0.2, 0.25) is 0 Å². The number of fused-ring (bicyclic) bond motifs is 3. The van der Waals surface area contributed by atoms with Gasteiger partial charge in [0.25, 0.3) is 11.1 Å². The Balaban J connectivity index is 0.000000159. The average molecular weight is 617 g/mol.